The average molecular weight is 840 g/mol. The molecule has 1 heteroatoms. The Morgan fingerprint density at radius 3 is 1.26 bits per heavy atom. The van der Waals surface area contributed by atoms with Crippen LogP contribution in [0.15, 0.2) is 273 Å². The molecule has 11 aromatic rings. The molecular weight excluding hydrogens is 795 g/mol. The SMILES string of the molecule is c1ccc(-c2ccc(N(c3ccc(-c4ccccc4)cc3)c3ccc(-c4cccc5c4-c4ccccc4C5(c4ccccc4)c4ccc(-c5cccc6ccccc56)cc4)cc3)cc2)cc1. The minimum absolute atomic E-state index is 0.519. The Morgan fingerprint density at radius 1 is 0.242 bits per heavy atom. The second kappa shape index (κ2) is 16.6. The molecule has 0 saturated carbocycles. The Labute approximate surface area is 387 Å². The summed E-state index contributed by atoms with van der Waals surface area (Å²) in [4.78, 5) is 2.36. The second-order valence-electron chi connectivity index (χ2n) is 17.2. The Kier molecular flexibility index (Phi) is 9.81. The fourth-order valence-corrected chi connectivity index (χ4v) is 10.5. The summed E-state index contributed by atoms with van der Waals surface area (Å²) in [5.74, 6) is 0. The minimum atomic E-state index is -0.519. The lowest BCUT2D eigenvalue weighted by Crippen LogP contribution is -2.28. The fourth-order valence-electron chi connectivity index (χ4n) is 10.5. The van der Waals surface area contributed by atoms with Crippen molar-refractivity contribution in [3.63, 3.8) is 0 Å². The summed E-state index contributed by atoms with van der Waals surface area (Å²) < 4.78 is 0. The summed E-state index contributed by atoms with van der Waals surface area (Å²) in [6.45, 7) is 0. The van der Waals surface area contributed by atoms with E-state index in [2.05, 4.69) is 278 Å². The lowest BCUT2D eigenvalue weighted by molar-refractivity contribution is 0.769. The van der Waals surface area contributed by atoms with Crippen LogP contribution in [0.5, 0.6) is 0 Å². The summed E-state index contributed by atoms with van der Waals surface area (Å²) in [5, 5.41) is 2.52. The van der Waals surface area contributed by atoms with Crippen molar-refractivity contribution < 1.29 is 0 Å². The Hall–Kier alpha value is -8.52. The monoisotopic (exact) mass is 839 g/mol. The van der Waals surface area contributed by atoms with Crippen LogP contribution in [-0.4, -0.2) is 0 Å². The summed E-state index contributed by atoms with van der Waals surface area (Å²) >= 11 is 0. The first-order chi connectivity index (χ1) is 32.7. The van der Waals surface area contributed by atoms with E-state index >= 15 is 0 Å². The predicted octanol–water partition coefficient (Wildman–Crippen LogP) is 17.3. The highest BCUT2D eigenvalue weighted by atomic mass is 15.1. The van der Waals surface area contributed by atoms with Crippen LogP contribution < -0.4 is 4.90 Å². The lowest BCUT2D eigenvalue weighted by atomic mass is 9.67. The number of anilines is 3. The molecule has 0 aromatic heterocycles. The van der Waals surface area contributed by atoms with Gasteiger partial charge in [0.2, 0.25) is 0 Å². The van der Waals surface area contributed by atoms with Crippen molar-refractivity contribution in [2.45, 2.75) is 5.41 Å². The summed E-state index contributed by atoms with van der Waals surface area (Å²) in [6.07, 6.45) is 0. The van der Waals surface area contributed by atoms with E-state index in [1.165, 1.54) is 88.7 Å². The maximum Gasteiger partial charge on any atom is 0.0713 e. The van der Waals surface area contributed by atoms with Crippen LogP contribution in [0.1, 0.15) is 22.3 Å². The van der Waals surface area contributed by atoms with Gasteiger partial charge in [0.15, 0.2) is 0 Å². The van der Waals surface area contributed by atoms with Gasteiger partial charge < -0.3 is 4.90 Å². The Morgan fingerprint density at radius 2 is 0.636 bits per heavy atom. The van der Waals surface area contributed by atoms with Gasteiger partial charge in [-0.25, -0.2) is 0 Å². The highest BCUT2D eigenvalue weighted by Crippen LogP contribution is 2.58. The summed E-state index contributed by atoms with van der Waals surface area (Å²) in [7, 11) is 0. The normalized spacial score (nSPS) is 13.8. The number of hydrogen-bond donors (Lipinski definition) is 0. The third-order valence-corrected chi connectivity index (χ3v) is 13.6. The molecule has 1 atom stereocenters. The van der Waals surface area contributed by atoms with Gasteiger partial charge in [-0.15, -0.1) is 0 Å². The van der Waals surface area contributed by atoms with Gasteiger partial charge in [-0.2, -0.15) is 0 Å². The van der Waals surface area contributed by atoms with Gasteiger partial charge in [0, 0.05) is 17.1 Å². The molecule has 12 rings (SSSR count). The van der Waals surface area contributed by atoms with E-state index in [0.717, 1.165) is 17.1 Å². The van der Waals surface area contributed by atoms with Crippen LogP contribution in [0.4, 0.5) is 17.1 Å². The first-order valence-corrected chi connectivity index (χ1v) is 22.8. The molecular formula is C65H45N. The Balaban J connectivity index is 0.971. The van der Waals surface area contributed by atoms with Crippen LogP contribution in [-0.2, 0) is 5.41 Å². The molecule has 0 radical (unpaired) electrons. The van der Waals surface area contributed by atoms with Gasteiger partial charge in [0.1, 0.15) is 0 Å². The number of rotatable bonds is 9. The van der Waals surface area contributed by atoms with Gasteiger partial charge in [-0.1, -0.05) is 237 Å². The molecule has 1 aliphatic rings. The molecule has 0 fully saturated rings. The maximum absolute atomic E-state index is 2.37. The van der Waals surface area contributed by atoms with Crippen LogP contribution in [0.2, 0.25) is 0 Å². The highest BCUT2D eigenvalue weighted by molar-refractivity contribution is 5.98. The van der Waals surface area contributed by atoms with E-state index in [1.807, 2.05) is 0 Å². The van der Waals surface area contributed by atoms with Crippen molar-refractivity contribution in [3.8, 4) is 55.6 Å². The standard InChI is InChI=1S/C65H45N/c1-4-16-46(17-5-1)48-32-40-55(41-33-48)66(56-42-34-49(35-43-56)47-18-6-2-7-19-47)57-44-36-52(37-45-57)60-27-15-29-63-64(60)61-25-12-13-28-62(61)65(63,53-22-8-3-9-23-53)54-38-30-51(31-39-54)59-26-14-21-50-20-10-11-24-58(50)59/h1-45H. The van der Waals surface area contributed by atoms with Crippen molar-refractivity contribution in [2.75, 3.05) is 4.90 Å². The molecule has 0 spiro atoms. The molecule has 0 aliphatic heterocycles. The highest BCUT2D eigenvalue weighted by Gasteiger charge is 2.46. The smallest absolute Gasteiger partial charge is 0.0713 e. The van der Waals surface area contributed by atoms with Crippen molar-refractivity contribution in [3.05, 3.63) is 295 Å². The van der Waals surface area contributed by atoms with Gasteiger partial charge >= 0.3 is 0 Å². The number of benzene rings is 11. The molecule has 0 saturated heterocycles. The van der Waals surface area contributed by atoms with Crippen LogP contribution >= 0.6 is 0 Å². The first-order valence-electron chi connectivity index (χ1n) is 22.8. The molecule has 1 aliphatic carbocycles. The van der Waals surface area contributed by atoms with E-state index in [9.17, 15) is 0 Å². The summed E-state index contributed by atoms with van der Waals surface area (Å²) in [5.41, 5.74) is 20.1. The maximum atomic E-state index is 2.37. The molecule has 0 N–H and O–H groups in total. The van der Waals surface area contributed by atoms with Gasteiger partial charge in [0.25, 0.3) is 0 Å². The minimum Gasteiger partial charge on any atom is -0.311 e. The zero-order chi connectivity index (χ0) is 43.9. The quantitative estimate of drug-likeness (QED) is 0.140. The van der Waals surface area contributed by atoms with Crippen molar-refractivity contribution in [2.24, 2.45) is 0 Å². The first kappa shape index (κ1) is 39.1. The molecule has 1 nitrogen and oxygen atoms in total. The summed E-state index contributed by atoms with van der Waals surface area (Å²) in [6, 6.07) is 99.9. The van der Waals surface area contributed by atoms with E-state index in [-0.39, 0.29) is 0 Å². The van der Waals surface area contributed by atoms with Gasteiger partial charge in [0.05, 0.1) is 5.41 Å². The van der Waals surface area contributed by atoms with Crippen LogP contribution in [0.25, 0.3) is 66.4 Å². The average Bonchev–Trinajstić information content (AvgIpc) is 3.71. The van der Waals surface area contributed by atoms with Crippen LogP contribution in [0.3, 0.4) is 0 Å². The zero-order valence-electron chi connectivity index (χ0n) is 36.4. The van der Waals surface area contributed by atoms with Gasteiger partial charge in [-0.05, 0) is 125 Å². The molecule has 0 amide bonds. The Bertz CT molecular complexity index is 3380. The largest absolute Gasteiger partial charge is 0.311 e. The molecule has 310 valence electrons. The van der Waals surface area contributed by atoms with E-state index in [0.29, 0.717) is 0 Å². The lowest BCUT2D eigenvalue weighted by Gasteiger charge is -2.34. The topological polar surface area (TPSA) is 3.24 Å². The third-order valence-electron chi connectivity index (χ3n) is 13.6. The number of hydrogen-bond acceptors (Lipinski definition) is 1. The number of fused-ring (bicyclic) bond motifs is 4. The van der Waals surface area contributed by atoms with Crippen LogP contribution in [0, 0.1) is 0 Å². The van der Waals surface area contributed by atoms with Crippen molar-refractivity contribution >= 4 is 27.8 Å². The second-order valence-corrected chi connectivity index (χ2v) is 17.2. The third kappa shape index (κ3) is 6.64. The van der Waals surface area contributed by atoms with E-state index < -0.39 is 5.41 Å². The zero-order valence-corrected chi connectivity index (χ0v) is 36.4. The fraction of sp³-hybridized carbons (Fsp3) is 0.0154. The van der Waals surface area contributed by atoms with Gasteiger partial charge in [-0.3, -0.25) is 0 Å². The molecule has 11 aromatic carbocycles. The number of nitrogens with zero attached hydrogens (tertiary/aromatic N) is 1. The molecule has 66 heavy (non-hydrogen) atoms. The predicted molar refractivity (Wildman–Crippen MR) is 278 cm³/mol. The van der Waals surface area contributed by atoms with E-state index in [4.69, 9.17) is 0 Å². The van der Waals surface area contributed by atoms with Crippen molar-refractivity contribution in [1.29, 1.82) is 0 Å². The molecule has 0 heterocycles. The molecule has 0 bridgehead atoms. The molecule has 1 unspecified atom stereocenters. The van der Waals surface area contributed by atoms with E-state index in [1.54, 1.807) is 0 Å². The van der Waals surface area contributed by atoms with Crippen molar-refractivity contribution in [1.82, 2.24) is 0 Å².